The molecular weight excluding hydrogens is 196 g/mol. The van der Waals surface area contributed by atoms with E-state index in [9.17, 15) is 5.11 Å². The van der Waals surface area contributed by atoms with Crippen LogP contribution in [0.1, 0.15) is 31.4 Å². The quantitative estimate of drug-likeness (QED) is 0.760. The molecule has 0 fully saturated rings. The van der Waals surface area contributed by atoms with E-state index in [2.05, 4.69) is 50.3 Å². The SMILES string of the molecule is C/C=C(\C(=C/CC)CO)c1ccc(C)cc1. The number of hydrogen-bond acceptors (Lipinski definition) is 1. The fourth-order valence-corrected chi connectivity index (χ4v) is 1.78. The fraction of sp³-hybridized carbons (Fsp3) is 0.333. The summed E-state index contributed by atoms with van der Waals surface area (Å²) < 4.78 is 0. The number of allylic oxidation sites excluding steroid dienone is 2. The van der Waals surface area contributed by atoms with Crippen molar-refractivity contribution in [3.8, 4) is 0 Å². The van der Waals surface area contributed by atoms with Gasteiger partial charge < -0.3 is 5.11 Å². The minimum Gasteiger partial charge on any atom is -0.392 e. The van der Waals surface area contributed by atoms with Crippen LogP contribution in [0.5, 0.6) is 0 Å². The highest BCUT2D eigenvalue weighted by Gasteiger charge is 2.05. The minimum atomic E-state index is 0.0986. The van der Waals surface area contributed by atoms with Gasteiger partial charge in [-0.2, -0.15) is 0 Å². The molecule has 16 heavy (non-hydrogen) atoms. The second-order valence-electron chi connectivity index (χ2n) is 3.86. The summed E-state index contributed by atoms with van der Waals surface area (Å²) in [7, 11) is 0. The van der Waals surface area contributed by atoms with Crippen LogP contribution in [0.4, 0.5) is 0 Å². The minimum absolute atomic E-state index is 0.0986. The van der Waals surface area contributed by atoms with Gasteiger partial charge in [0.05, 0.1) is 6.61 Å². The van der Waals surface area contributed by atoms with Crippen LogP contribution in [-0.4, -0.2) is 11.7 Å². The first kappa shape index (κ1) is 12.7. The zero-order valence-electron chi connectivity index (χ0n) is 10.3. The molecule has 0 saturated carbocycles. The van der Waals surface area contributed by atoms with E-state index in [4.69, 9.17) is 0 Å². The Morgan fingerprint density at radius 3 is 2.31 bits per heavy atom. The van der Waals surface area contributed by atoms with Crippen LogP contribution in [-0.2, 0) is 0 Å². The number of aliphatic hydroxyl groups is 1. The lowest BCUT2D eigenvalue weighted by atomic mass is 9.96. The van der Waals surface area contributed by atoms with Crippen molar-refractivity contribution in [1.82, 2.24) is 0 Å². The molecule has 0 heterocycles. The molecule has 0 bridgehead atoms. The molecule has 0 aliphatic rings. The number of aliphatic hydroxyl groups excluding tert-OH is 1. The van der Waals surface area contributed by atoms with Crippen molar-refractivity contribution < 1.29 is 5.11 Å². The Labute approximate surface area is 98.1 Å². The molecule has 86 valence electrons. The molecule has 0 aromatic heterocycles. The van der Waals surface area contributed by atoms with Crippen molar-refractivity contribution in [2.24, 2.45) is 0 Å². The Morgan fingerprint density at radius 1 is 1.25 bits per heavy atom. The number of hydrogen-bond donors (Lipinski definition) is 1. The van der Waals surface area contributed by atoms with Gasteiger partial charge in [0.1, 0.15) is 0 Å². The van der Waals surface area contributed by atoms with Gasteiger partial charge in [0.2, 0.25) is 0 Å². The van der Waals surface area contributed by atoms with Gasteiger partial charge in [-0.15, -0.1) is 0 Å². The molecule has 0 aliphatic heterocycles. The predicted molar refractivity (Wildman–Crippen MR) is 70.3 cm³/mol. The highest BCUT2D eigenvalue weighted by Crippen LogP contribution is 2.23. The van der Waals surface area contributed by atoms with E-state index in [1.54, 1.807) is 0 Å². The first-order valence-corrected chi connectivity index (χ1v) is 5.76. The molecule has 1 aromatic carbocycles. The molecule has 1 heteroatoms. The van der Waals surface area contributed by atoms with Gasteiger partial charge in [0, 0.05) is 0 Å². The van der Waals surface area contributed by atoms with E-state index in [1.807, 2.05) is 6.92 Å². The van der Waals surface area contributed by atoms with Crippen LogP contribution in [0.2, 0.25) is 0 Å². The zero-order chi connectivity index (χ0) is 12.0. The van der Waals surface area contributed by atoms with Crippen LogP contribution in [0.3, 0.4) is 0 Å². The summed E-state index contributed by atoms with van der Waals surface area (Å²) in [5.74, 6) is 0. The third-order valence-corrected chi connectivity index (χ3v) is 2.62. The summed E-state index contributed by atoms with van der Waals surface area (Å²) in [6.07, 6.45) is 5.08. The predicted octanol–water partition coefficient (Wildman–Crippen LogP) is 3.73. The first-order chi connectivity index (χ1) is 7.72. The van der Waals surface area contributed by atoms with E-state index < -0.39 is 0 Å². The van der Waals surface area contributed by atoms with E-state index in [0.717, 1.165) is 17.6 Å². The number of aryl methyl sites for hydroxylation is 1. The Bertz CT molecular complexity index is 382. The lowest BCUT2D eigenvalue weighted by molar-refractivity contribution is 0.335. The molecule has 0 spiro atoms. The third kappa shape index (κ3) is 3.07. The zero-order valence-corrected chi connectivity index (χ0v) is 10.3. The molecule has 1 rings (SSSR count). The topological polar surface area (TPSA) is 20.2 Å². The summed E-state index contributed by atoms with van der Waals surface area (Å²) in [5, 5.41) is 9.37. The second kappa shape index (κ2) is 6.29. The molecule has 1 aromatic rings. The molecule has 0 unspecified atom stereocenters. The highest BCUT2D eigenvalue weighted by molar-refractivity contribution is 5.79. The van der Waals surface area contributed by atoms with Gasteiger partial charge in [-0.25, -0.2) is 0 Å². The van der Waals surface area contributed by atoms with Crippen molar-refractivity contribution >= 4 is 5.57 Å². The Balaban J connectivity index is 3.08. The van der Waals surface area contributed by atoms with Crippen molar-refractivity contribution in [1.29, 1.82) is 0 Å². The van der Waals surface area contributed by atoms with Gasteiger partial charge in [-0.1, -0.05) is 48.9 Å². The molecule has 0 saturated heterocycles. The highest BCUT2D eigenvalue weighted by atomic mass is 16.3. The molecule has 1 N–H and O–H groups in total. The Kier molecular flexibility index (Phi) is 5.00. The lowest BCUT2D eigenvalue weighted by Gasteiger charge is -2.10. The molecule has 0 atom stereocenters. The Morgan fingerprint density at radius 2 is 1.88 bits per heavy atom. The average molecular weight is 216 g/mol. The smallest absolute Gasteiger partial charge is 0.0684 e. The summed E-state index contributed by atoms with van der Waals surface area (Å²) in [6, 6.07) is 8.40. The number of rotatable bonds is 4. The Hall–Kier alpha value is -1.34. The molecule has 1 nitrogen and oxygen atoms in total. The summed E-state index contributed by atoms with van der Waals surface area (Å²) in [5.41, 5.74) is 4.56. The van der Waals surface area contributed by atoms with Crippen molar-refractivity contribution in [3.05, 3.63) is 53.1 Å². The van der Waals surface area contributed by atoms with Gasteiger partial charge in [0.15, 0.2) is 0 Å². The van der Waals surface area contributed by atoms with Gasteiger partial charge in [-0.3, -0.25) is 0 Å². The van der Waals surface area contributed by atoms with Gasteiger partial charge >= 0.3 is 0 Å². The van der Waals surface area contributed by atoms with Crippen molar-refractivity contribution in [2.75, 3.05) is 6.61 Å². The maximum Gasteiger partial charge on any atom is 0.0684 e. The number of benzene rings is 1. The van der Waals surface area contributed by atoms with Crippen LogP contribution in [0.15, 0.2) is 42.0 Å². The van der Waals surface area contributed by atoms with Gasteiger partial charge in [-0.05, 0) is 37.0 Å². The molecule has 0 radical (unpaired) electrons. The normalized spacial score (nSPS) is 13.0. The molecular formula is C15H20O. The van der Waals surface area contributed by atoms with Crippen molar-refractivity contribution in [2.45, 2.75) is 27.2 Å². The van der Waals surface area contributed by atoms with E-state index in [1.165, 1.54) is 11.1 Å². The molecule has 0 amide bonds. The fourth-order valence-electron chi connectivity index (χ4n) is 1.78. The van der Waals surface area contributed by atoms with Crippen molar-refractivity contribution in [3.63, 3.8) is 0 Å². The first-order valence-electron chi connectivity index (χ1n) is 5.76. The molecule has 0 aliphatic carbocycles. The monoisotopic (exact) mass is 216 g/mol. The standard InChI is InChI=1S/C15H20O/c1-4-6-14(11-16)15(5-2)13-9-7-12(3)8-10-13/h5-10,16H,4,11H2,1-3H3/b14-6-,15-5-. The maximum absolute atomic E-state index is 9.37. The lowest BCUT2D eigenvalue weighted by Crippen LogP contribution is -1.95. The average Bonchev–Trinajstić information content (AvgIpc) is 2.31. The second-order valence-corrected chi connectivity index (χ2v) is 3.86. The van der Waals surface area contributed by atoms with Crippen LogP contribution in [0, 0.1) is 6.92 Å². The van der Waals surface area contributed by atoms with Crippen LogP contribution < -0.4 is 0 Å². The summed E-state index contributed by atoms with van der Waals surface area (Å²) in [4.78, 5) is 0. The van der Waals surface area contributed by atoms with Gasteiger partial charge in [0.25, 0.3) is 0 Å². The summed E-state index contributed by atoms with van der Waals surface area (Å²) >= 11 is 0. The van der Waals surface area contributed by atoms with E-state index in [0.29, 0.717) is 0 Å². The van der Waals surface area contributed by atoms with E-state index >= 15 is 0 Å². The maximum atomic E-state index is 9.37. The van der Waals surface area contributed by atoms with Crippen LogP contribution >= 0.6 is 0 Å². The van der Waals surface area contributed by atoms with E-state index in [-0.39, 0.29) is 6.61 Å². The largest absolute Gasteiger partial charge is 0.392 e. The third-order valence-electron chi connectivity index (χ3n) is 2.62. The summed E-state index contributed by atoms with van der Waals surface area (Å²) in [6.45, 7) is 6.27. The van der Waals surface area contributed by atoms with Crippen LogP contribution in [0.25, 0.3) is 5.57 Å².